The zero-order valence-corrected chi connectivity index (χ0v) is 15.0. The van der Waals surface area contributed by atoms with Crippen molar-refractivity contribution in [1.82, 2.24) is 5.32 Å². The average Bonchev–Trinajstić information content (AvgIpc) is 2.53. The number of alkyl halides is 3. The van der Waals surface area contributed by atoms with Crippen LogP contribution in [0.15, 0.2) is 48.5 Å². The molecule has 8 heteroatoms. The largest absolute Gasteiger partial charge is 0.416 e. The normalized spacial score (nSPS) is 12.5. The lowest BCUT2D eigenvalue weighted by molar-refractivity contribution is -0.137. The first-order valence-electron chi connectivity index (χ1n) is 7.18. The summed E-state index contributed by atoms with van der Waals surface area (Å²) in [6.07, 6.45) is -4.41. The Kier molecular flexibility index (Phi) is 6.04. The summed E-state index contributed by atoms with van der Waals surface area (Å²) in [4.78, 5) is 23.8. The molecule has 0 spiro atoms. The molecule has 132 valence electrons. The number of hydrogen-bond acceptors (Lipinski definition) is 2. The number of primary amides is 1. The van der Waals surface area contributed by atoms with Crippen LogP contribution in [0.25, 0.3) is 0 Å². The van der Waals surface area contributed by atoms with Gasteiger partial charge in [0, 0.05) is 15.6 Å². The molecule has 2 aromatic carbocycles. The maximum absolute atomic E-state index is 12.7. The first kappa shape index (κ1) is 19.2. The molecule has 0 unspecified atom stereocenters. The van der Waals surface area contributed by atoms with Crippen LogP contribution in [-0.2, 0) is 17.4 Å². The van der Waals surface area contributed by atoms with Crippen molar-refractivity contribution < 1.29 is 22.8 Å². The smallest absolute Gasteiger partial charge is 0.368 e. The number of nitrogens with one attached hydrogen (secondary N) is 1. The van der Waals surface area contributed by atoms with Crippen molar-refractivity contribution >= 4 is 34.4 Å². The molecule has 2 rings (SSSR count). The van der Waals surface area contributed by atoms with Gasteiger partial charge in [0.2, 0.25) is 5.91 Å². The van der Waals surface area contributed by atoms with Gasteiger partial charge in [-0.2, -0.15) is 13.2 Å². The van der Waals surface area contributed by atoms with Crippen molar-refractivity contribution in [3.63, 3.8) is 0 Å². The summed E-state index contributed by atoms with van der Waals surface area (Å²) in [6, 6.07) is 10.2. The minimum Gasteiger partial charge on any atom is -0.368 e. The highest BCUT2D eigenvalue weighted by Crippen LogP contribution is 2.29. The first-order valence-corrected chi connectivity index (χ1v) is 8.26. The molecule has 1 atom stereocenters. The van der Waals surface area contributed by atoms with Gasteiger partial charge in [0.25, 0.3) is 5.91 Å². The van der Waals surface area contributed by atoms with E-state index in [1.807, 2.05) is 12.1 Å². The van der Waals surface area contributed by atoms with Crippen molar-refractivity contribution in [3.05, 3.63) is 68.8 Å². The molecule has 0 fully saturated rings. The number of benzene rings is 2. The van der Waals surface area contributed by atoms with Crippen LogP contribution in [0.4, 0.5) is 13.2 Å². The Bertz CT molecular complexity index is 793. The highest BCUT2D eigenvalue weighted by molar-refractivity contribution is 14.1. The molecule has 0 bridgehead atoms. The van der Waals surface area contributed by atoms with E-state index in [-0.39, 0.29) is 12.0 Å². The van der Waals surface area contributed by atoms with Crippen LogP contribution < -0.4 is 11.1 Å². The van der Waals surface area contributed by atoms with E-state index in [4.69, 9.17) is 5.73 Å². The topological polar surface area (TPSA) is 72.2 Å². The quantitative estimate of drug-likeness (QED) is 0.671. The van der Waals surface area contributed by atoms with Crippen molar-refractivity contribution in [2.24, 2.45) is 5.73 Å². The van der Waals surface area contributed by atoms with Gasteiger partial charge in [0.15, 0.2) is 0 Å². The molecule has 0 aromatic heterocycles. The molecule has 3 N–H and O–H groups in total. The van der Waals surface area contributed by atoms with Crippen LogP contribution in [0.1, 0.15) is 21.5 Å². The van der Waals surface area contributed by atoms with E-state index >= 15 is 0 Å². The van der Waals surface area contributed by atoms with Crippen molar-refractivity contribution in [2.45, 2.75) is 18.6 Å². The summed E-state index contributed by atoms with van der Waals surface area (Å²) in [5, 5.41) is 2.40. The third-order valence-corrected chi connectivity index (χ3v) is 4.10. The average molecular weight is 462 g/mol. The molecule has 2 amide bonds. The van der Waals surface area contributed by atoms with Crippen LogP contribution in [-0.4, -0.2) is 17.9 Å². The Morgan fingerprint density at radius 2 is 1.80 bits per heavy atom. The maximum atomic E-state index is 12.7. The van der Waals surface area contributed by atoms with Gasteiger partial charge in [-0.25, -0.2) is 0 Å². The highest BCUT2D eigenvalue weighted by Gasteiger charge is 2.31. The number of nitrogens with two attached hydrogens (primary N) is 1. The fourth-order valence-corrected chi connectivity index (χ4v) is 2.81. The number of rotatable bonds is 5. The van der Waals surface area contributed by atoms with Crippen molar-refractivity contribution in [2.75, 3.05) is 0 Å². The molecule has 25 heavy (non-hydrogen) atoms. The van der Waals surface area contributed by atoms with Crippen LogP contribution in [0, 0.1) is 3.57 Å². The predicted molar refractivity (Wildman–Crippen MR) is 94.8 cm³/mol. The maximum Gasteiger partial charge on any atom is 0.416 e. The lowest BCUT2D eigenvalue weighted by Crippen LogP contribution is -2.45. The fourth-order valence-electron chi connectivity index (χ4n) is 2.20. The summed E-state index contributed by atoms with van der Waals surface area (Å²) in [5.41, 5.74) is 4.96. The lowest BCUT2D eigenvalue weighted by atomic mass is 10.0. The predicted octanol–water partition coefficient (Wildman–Crippen LogP) is 3.14. The van der Waals surface area contributed by atoms with Crippen LogP contribution >= 0.6 is 22.6 Å². The van der Waals surface area contributed by atoms with Crippen LogP contribution in [0.2, 0.25) is 0 Å². The summed E-state index contributed by atoms with van der Waals surface area (Å²) in [7, 11) is 0. The monoisotopic (exact) mass is 462 g/mol. The minimum absolute atomic E-state index is 0.150. The third-order valence-electron chi connectivity index (χ3n) is 3.43. The Labute approximate surface area is 155 Å². The van der Waals surface area contributed by atoms with E-state index in [1.54, 1.807) is 12.1 Å². The van der Waals surface area contributed by atoms with Crippen LogP contribution in [0.3, 0.4) is 0 Å². The van der Waals surface area contributed by atoms with E-state index < -0.39 is 29.6 Å². The molecular formula is C17H14F3IN2O2. The summed E-state index contributed by atoms with van der Waals surface area (Å²) in [5.74, 6) is -1.56. The van der Waals surface area contributed by atoms with Gasteiger partial charge in [-0.3, -0.25) is 9.59 Å². The Morgan fingerprint density at radius 3 is 2.40 bits per heavy atom. The molecule has 0 aliphatic rings. The molecule has 0 aliphatic heterocycles. The number of amides is 2. The summed E-state index contributed by atoms with van der Waals surface area (Å²) >= 11 is 2.11. The molecule has 0 saturated heterocycles. The number of halogens is 4. The van der Waals surface area contributed by atoms with E-state index in [0.717, 1.165) is 27.3 Å². The van der Waals surface area contributed by atoms with Gasteiger partial charge < -0.3 is 11.1 Å². The van der Waals surface area contributed by atoms with Gasteiger partial charge in [0.1, 0.15) is 6.04 Å². The summed E-state index contributed by atoms with van der Waals surface area (Å²) in [6.45, 7) is 0. The van der Waals surface area contributed by atoms with Crippen molar-refractivity contribution in [1.29, 1.82) is 0 Å². The SMILES string of the molecule is NC(=O)[C@H](Cc1cccc(I)c1)NC(=O)c1cccc(C(F)(F)F)c1. The molecule has 4 nitrogen and oxygen atoms in total. The molecular weight excluding hydrogens is 448 g/mol. The van der Waals surface area contributed by atoms with E-state index in [2.05, 4.69) is 27.9 Å². The zero-order valence-electron chi connectivity index (χ0n) is 12.8. The molecule has 0 aliphatic carbocycles. The van der Waals surface area contributed by atoms with Crippen molar-refractivity contribution in [3.8, 4) is 0 Å². The van der Waals surface area contributed by atoms with E-state index in [1.165, 1.54) is 6.07 Å². The standard InChI is InChI=1S/C17H14F3IN2O2/c18-17(19,20)12-5-2-4-11(9-12)16(25)23-14(15(22)24)8-10-3-1-6-13(21)7-10/h1-7,9,14H,8H2,(H2,22,24)(H,23,25)/t14-/m0/s1. The molecule has 0 radical (unpaired) electrons. The van der Waals surface area contributed by atoms with Gasteiger partial charge in [-0.15, -0.1) is 0 Å². The zero-order chi connectivity index (χ0) is 18.6. The van der Waals surface area contributed by atoms with Gasteiger partial charge in [-0.1, -0.05) is 18.2 Å². The second kappa shape index (κ2) is 7.85. The van der Waals surface area contributed by atoms with Gasteiger partial charge in [0.05, 0.1) is 5.56 Å². The minimum atomic E-state index is -4.56. The molecule has 0 saturated carbocycles. The molecule has 0 heterocycles. The van der Waals surface area contributed by atoms with Gasteiger partial charge >= 0.3 is 6.18 Å². The Morgan fingerprint density at radius 1 is 1.12 bits per heavy atom. The summed E-state index contributed by atoms with van der Waals surface area (Å²) < 4.78 is 39.2. The Balaban J connectivity index is 2.17. The van der Waals surface area contributed by atoms with Crippen LogP contribution in [0.5, 0.6) is 0 Å². The second-order valence-electron chi connectivity index (χ2n) is 5.34. The second-order valence-corrected chi connectivity index (χ2v) is 6.59. The molecule has 2 aromatic rings. The van der Waals surface area contributed by atoms with E-state index in [0.29, 0.717) is 0 Å². The van der Waals surface area contributed by atoms with Gasteiger partial charge in [-0.05, 0) is 58.5 Å². The Hall–Kier alpha value is -2.10. The number of hydrogen-bond donors (Lipinski definition) is 2. The highest BCUT2D eigenvalue weighted by atomic mass is 127. The first-order chi connectivity index (χ1) is 11.7. The van der Waals surface area contributed by atoms with E-state index in [9.17, 15) is 22.8 Å². The fraction of sp³-hybridized carbons (Fsp3) is 0.176. The lowest BCUT2D eigenvalue weighted by Gasteiger charge is -2.16. The number of carbonyl (C=O) groups excluding carboxylic acids is 2. The third kappa shape index (κ3) is 5.45. The number of carbonyl (C=O) groups is 2.